The zero-order chi connectivity index (χ0) is 24.1. The van der Waals surface area contributed by atoms with E-state index in [0.717, 1.165) is 10.0 Å². The quantitative estimate of drug-likeness (QED) is 0.396. The van der Waals surface area contributed by atoms with E-state index in [1.54, 1.807) is 0 Å². The van der Waals surface area contributed by atoms with E-state index in [0.29, 0.717) is 17.6 Å². The van der Waals surface area contributed by atoms with Crippen LogP contribution in [0.15, 0.2) is 41.4 Å². The molecule has 14 heteroatoms. The Morgan fingerprint density at radius 3 is 2.94 bits per heavy atom. The number of benzene rings is 1. The topological polar surface area (TPSA) is 164 Å². The van der Waals surface area contributed by atoms with Crippen LogP contribution in [-0.2, 0) is 22.9 Å². The number of nitrogens with zero attached hydrogens (tertiary/aromatic N) is 4. The number of aliphatic hydroxyl groups is 2. The van der Waals surface area contributed by atoms with Gasteiger partial charge in [-0.15, -0.1) is 0 Å². The normalized spacial score (nSPS) is 34.0. The average molecular weight is 556 g/mol. The number of nitrogen functional groups attached to an aromatic ring is 1. The molecular formula is C20H23BrN5O7P. The van der Waals surface area contributed by atoms with Crippen LogP contribution in [0.2, 0.25) is 0 Å². The second-order valence-electron chi connectivity index (χ2n) is 8.26. The molecule has 2 aliphatic rings. The van der Waals surface area contributed by atoms with Crippen molar-refractivity contribution in [1.82, 2.24) is 19.5 Å². The van der Waals surface area contributed by atoms with Crippen LogP contribution < -0.4 is 5.73 Å². The zero-order valence-electron chi connectivity index (χ0n) is 18.0. The summed E-state index contributed by atoms with van der Waals surface area (Å²) < 4.78 is 37.9. The molecule has 2 saturated heterocycles. The number of imidazole rings is 1. The summed E-state index contributed by atoms with van der Waals surface area (Å²) in [5, 5.41) is 21.8. The van der Waals surface area contributed by atoms with Crippen LogP contribution in [0.3, 0.4) is 0 Å². The van der Waals surface area contributed by atoms with Gasteiger partial charge in [-0.25, -0.2) is 19.5 Å². The highest BCUT2D eigenvalue weighted by Gasteiger charge is 2.54. The molecule has 0 spiro atoms. The summed E-state index contributed by atoms with van der Waals surface area (Å²) in [6.07, 6.45) is -0.846. The Hall–Kier alpha value is -1.96. The van der Waals surface area contributed by atoms with Gasteiger partial charge in [0, 0.05) is 10.9 Å². The minimum atomic E-state index is -3.95. The molecule has 0 amide bonds. The van der Waals surface area contributed by atoms with Crippen molar-refractivity contribution >= 4 is 40.7 Å². The van der Waals surface area contributed by atoms with Crippen LogP contribution in [0.5, 0.6) is 0 Å². The number of hydrogen-bond donors (Lipinski definition) is 3. The third-order valence-corrected chi connectivity index (χ3v) is 8.13. The maximum absolute atomic E-state index is 13.1. The maximum Gasteiger partial charge on any atom is 0.475 e. The molecule has 4 heterocycles. The number of halogens is 1. The number of nitrogens with two attached hydrogens (primary N) is 1. The minimum absolute atomic E-state index is 0.167. The Balaban J connectivity index is 1.31. The molecule has 2 aromatic heterocycles. The monoisotopic (exact) mass is 555 g/mol. The lowest BCUT2D eigenvalue weighted by atomic mass is 9.96. The summed E-state index contributed by atoms with van der Waals surface area (Å²) in [6.45, 7) is 1.23. The van der Waals surface area contributed by atoms with Crippen LogP contribution in [0, 0.1) is 0 Å². The molecule has 4 N–H and O–H groups in total. The average Bonchev–Trinajstić information content (AvgIpc) is 3.32. The van der Waals surface area contributed by atoms with Crippen LogP contribution in [0.1, 0.15) is 31.2 Å². The Bertz CT molecular complexity index is 1260. The lowest BCUT2D eigenvalue weighted by molar-refractivity contribution is -0.0953. The highest BCUT2D eigenvalue weighted by atomic mass is 79.9. The second kappa shape index (κ2) is 8.92. The van der Waals surface area contributed by atoms with E-state index in [4.69, 9.17) is 24.0 Å². The fourth-order valence-electron chi connectivity index (χ4n) is 4.11. The molecule has 0 radical (unpaired) electrons. The molecule has 2 aliphatic heterocycles. The van der Waals surface area contributed by atoms with E-state index < -0.39 is 38.0 Å². The second-order valence-corrected chi connectivity index (χ2v) is 10.7. The van der Waals surface area contributed by atoms with Gasteiger partial charge in [0.05, 0.1) is 25.6 Å². The summed E-state index contributed by atoms with van der Waals surface area (Å²) in [5.41, 5.74) is 5.57. The number of aliphatic hydroxyl groups excluding tert-OH is 1. The molecule has 1 aromatic carbocycles. The molecule has 3 aromatic rings. The predicted molar refractivity (Wildman–Crippen MR) is 122 cm³/mol. The molecular weight excluding hydrogens is 533 g/mol. The number of hydrogen-bond acceptors (Lipinski definition) is 11. The third-order valence-electron chi connectivity index (χ3n) is 5.93. The Morgan fingerprint density at radius 2 is 2.15 bits per heavy atom. The standard InChI is InChI=1S/C20H23BrN5O7P/c1-20(28)16(27)14(32-19(20)26-10-25-15-17(22)23-9-24-18(15)26)8-31-34(29)30-7-6-13(33-34)11-4-2-3-5-12(11)21/h2-5,9-10,13-14,16,19,27-28H,6-8H2,1H3,(H2,22,23,24)/t13-,14+,16+,19+,20+,34+/m0/s1. The number of phosphoric acid groups is 1. The number of rotatable bonds is 5. The fourth-order valence-corrected chi connectivity index (χ4v) is 6.04. The Morgan fingerprint density at radius 1 is 1.35 bits per heavy atom. The largest absolute Gasteiger partial charge is 0.475 e. The van der Waals surface area contributed by atoms with E-state index in [1.165, 1.54) is 24.1 Å². The molecule has 2 fully saturated rings. The van der Waals surface area contributed by atoms with Gasteiger partial charge in [0.25, 0.3) is 0 Å². The number of aromatic nitrogens is 4. The molecule has 0 bridgehead atoms. The summed E-state index contributed by atoms with van der Waals surface area (Å²) >= 11 is 3.47. The van der Waals surface area contributed by atoms with Gasteiger partial charge in [-0.05, 0) is 18.6 Å². The van der Waals surface area contributed by atoms with Crippen molar-refractivity contribution in [3.05, 3.63) is 47.0 Å². The molecule has 0 saturated carbocycles. The number of anilines is 1. The molecule has 0 aliphatic carbocycles. The van der Waals surface area contributed by atoms with Gasteiger partial charge >= 0.3 is 7.82 Å². The molecule has 0 unspecified atom stereocenters. The minimum Gasteiger partial charge on any atom is -0.387 e. The van der Waals surface area contributed by atoms with Crippen molar-refractivity contribution in [3.8, 4) is 0 Å². The van der Waals surface area contributed by atoms with Crippen LogP contribution >= 0.6 is 23.8 Å². The smallest absolute Gasteiger partial charge is 0.387 e. The number of fused-ring (bicyclic) bond motifs is 1. The van der Waals surface area contributed by atoms with Gasteiger partial charge in [0.15, 0.2) is 17.7 Å². The van der Waals surface area contributed by atoms with Gasteiger partial charge in [0.2, 0.25) is 0 Å². The summed E-state index contributed by atoms with van der Waals surface area (Å²) in [7, 11) is -3.95. The van der Waals surface area contributed by atoms with E-state index in [2.05, 4.69) is 30.9 Å². The van der Waals surface area contributed by atoms with E-state index >= 15 is 0 Å². The van der Waals surface area contributed by atoms with Crippen molar-refractivity contribution in [3.63, 3.8) is 0 Å². The van der Waals surface area contributed by atoms with Crippen molar-refractivity contribution in [2.75, 3.05) is 18.9 Å². The van der Waals surface area contributed by atoms with E-state index in [9.17, 15) is 14.8 Å². The molecule has 6 atom stereocenters. The lowest BCUT2D eigenvalue weighted by Gasteiger charge is -2.30. The predicted octanol–water partition coefficient (Wildman–Crippen LogP) is 2.48. The lowest BCUT2D eigenvalue weighted by Crippen LogP contribution is -2.44. The number of ether oxygens (including phenoxy) is 1. The molecule has 34 heavy (non-hydrogen) atoms. The van der Waals surface area contributed by atoms with E-state index in [1.807, 2.05) is 24.3 Å². The van der Waals surface area contributed by atoms with Crippen LogP contribution in [0.25, 0.3) is 11.2 Å². The van der Waals surface area contributed by atoms with Gasteiger partial charge in [-0.3, -0.25) is 18.1 Å². The summed E-state index contributed by atoms with van der Waals surface area (Å²) in [5.74, 6) is 0.172. The van der Waals surface area contributed by atoms with Gasteiger partial charge in [0.1, 0.15) is 29.7 Å². The summed E-state index contributed by atoms with van der Waals surface area (Å²) in [6, 6.07) is 7.45. The van der Waals surface area contributed by atoms with Gasteiger partial charge in [-0.1, -0.05) is 34.1 Å². The van der Waals surface area contributed by atoms with Crippen molar-refractivity contribution in [2.24, 2.45) is 0 Å². The summed E-state index contributed by atoms with van der Waals surface area (Å²) in [4.78, 5) is 12.2. The Kier molecular flexibility index (Phi) is 6.23. The third kappa shape index (κ3) is 4.16. The highest BCUT2D eigenvalue weighted by molar-refractivity contribution is 9.10. The SMILES string of the molecule is C[C@@]1(O)[C@H](O)[C@@H](CO[P@@]2(=O)OCC[C@@H](c3ccccc3Br)O2)O[C@H]1n1cnc2c(N)ncnc21. The highest BCUT2D eigenvalue weighted by Crippen LogP contribution is 2.58. The first kappa shape index (κ1) is 23.8. The van der Waals surface area contributed by atoms with Gasteiger partial charge in [-0.2, -0.15) is 0 Å². The van der Waals surface area contributed by atoms with Gasteiger partial charge < -0.3 is 20.7 Å². The van der Waals surface area contributed by atoms with Crippen molar-refractivity contribution in [2.45, 2.75) is 43.5 Å². The first-order chi connectivity index (χ1) is 16.2. The fraction of sp³-hybridized carbons (Fsp3) is 0.450. The zero-order valence-corrected chi connectivity index (χ0v) is 20.5. The maximum atomic E-state index is 13.1. The molecule has 5 rings (SSSR count). The molecule has 182 valence electrons. The number of phosphoric ester groups is 1. The first-order valence-corrected chi connectivity index (χ1v) is 12.8. The first-order valence-electron chi connectivity index (χ1n) is 10.5. The molecule has 12 nitrogen and oxygen atoms in total. The van der Waals surface area contributed by atoms with E-state index in [-0.39, 0.29) is 19.0 Å². The van der Waals surface area contributed by atoms with Crippen molar-refractivity contribution < 1.29 is 33.1 Å². The van der Waals surface area contributed by atoms with Crippen LogP contribution in [-0.4, -0.2) is 60.8 Å². The van der Waals surface area contributed by atoms with Crippen LogP contribution in [0.4, 0.5) is 5.82 Å². The van der Waals surface area contributed by atoms with Crippen molar-refractivity contribution in [1.29, 1.82) is 0 Å². The Labute approximate surface area is 202 Å².